The summed E-state index contributed by atoms with van der Waals surface area (Å²) in [6, 6.07) is 11.1. The number of benzene rings is 1. The molecule has 0 nitrogen and oxygen atoms in total. The van der Waals surface area contributed by atoms with Crippen LogP contribution in [-0.2, 0) is 0 Å². The van der Waals surface area contributed by atoms with E-state index in [4.69, 9.17) is 0 Å². The molecule has 1 aromatic rings. The van der Waals surface area contributed by atoms with Crippen LogP contribution in [0.5, 0.6) is 0 Å². The van der Waals surface area contributed by atoms with E-state index in [-0.39, 0.29) is 0 Å². The number of thioether (sulfide) groups is 1. The summed E-state index contributed by atoms with van der Waals surface area (Å²) in [6.45, 7) is 0. The summed E-state index contributed by atoms with van der Waals surface area (Å²) in [6.07, 6.45) is 8.79. The molecule has 0 unspecified atom stereocenters. The van der Waals surface area contributed by atoms with E-state index in [0.29, 0.717) is 0 Å². The van der Waals surface area contributed by atoms with Gasteiger partial charge in [-0.05, 0) is 37.2 Å². The van der Waals surface area contributed by atoms with Gasteiger partial charge in [-0.25, -0.2) is 0 Å². The molecule has 2 aliphatic rings. The Bertz CT molecular complexity index is 333. The van der Waals surface area contributed by atoms with Gasteiger partial charge in [0.25, 0.3) is 0 Å². The topological polar surface area (TPSA) is 0 Å². The first-order valence-electron chi connectivity index (χ1n) is 6.64. The minimum Gasteiger partial charge on any atom is -0.150 e. The van der Waals surface area contributed by atoms with Crippen molar-refractivity contribution >= 4 is 11.8 Å². The zero-order chi connectivity index (χ0) is 10.8. The lowest BCUT2D eigenvalue weighted by molar-refractivity contribution is 0.330. The number of hydrogen-bond acceptors (Lipinski definition) is 1. The highest BCUT2D eigenvalue weighted by Crippen LogP contribution is 2.49. The maximum Gasteiger partial charge on any atom is 0.0300 e. The molecule has 2 fully saturated rings. The SMILES string of the molecule is c1ccc([C@@H]2CC[C@@H]3CCCC[C@@H]3S2)cc1. The minimum atomic E-state index is 0.778. The summed E-state index contributed by atoms with van der Waals surface area (Å²) in [5.41, 5.74) is 1.55. The Morgan fingerprint density at radius 3 is 2.56 bits per heavy atom. The second kappa shape index (κ2) is 4.83. The molecule has 1 aliphatic heterocycles. The molecule has 1 aliphatic carbocycles. The average Bonchev–Trinajstić information content (AvgIpc) is 2.39. The molecule has 0 spiro atoms. The fraction of sp³-hybridized carbons (Fsp3) is 0.600. The molecular formula is C15H20S. The van der Waals surface area contributed by atoms with Gasteiger partial charge in [-0.2, -0.15) is 11.8 Å². The highest BCUT2D eigenvalue weighted by atomic mass is 32.2. The summed E-state index contributed by atoms with van der Waals surface area (Å²) < 4.78 is 0. The van der Waals surface area contributed by atoms with Crippen molar-refractivity contribution in [2.75, 3.05) is 0 Å². The molecule has 0 N–H and O–H groups in total. The fourth-order valence-electron chi connectivity index (χ4n) is 3.24. The van der Waals surface area contributed by atoms with Crippen LogP contribution >= 0.6 is 11.8 Å². The molecule has 0 radical (unpaired) electrons. The quantitative estimate of drug-likeness (QED) is 0.669. The molecule has 1 saturated carbocycles. The molecule has 1 heteroatoms. The highest BCUT2D eigenvalue weighted by molar-refractivity contribution is 8.00. The van der Waals surface area contributed by atoms with E-state index >= 15 is 0 Å². The Kier molecular flexibility index (Phi) is 3.23. The van der Waals surface area contributed by atoms with Crippen molar-refractivity contribution in [3.05, 3.63) is 35.9 Å². The molecule has 0 bridgehead atoms. The molecule has 1 saturated heterocycles. The van der Waals surface area contributed by atoms with Crippen molar-refractivity contribution in [2.24, 2.45) is 5.92 Å². The Labute approximate surface area is 103 Å². The molecule has 16 heavy (non-hydrogen) atoms. The normalized spacial score (nSPS) is 34.4. The van der Waals surface area contributed by atoms with Crippen molar-refractivity contribution in [2.45, 2.75) is 49.0 Å². The third kappa shape index (κ3) is 2.15. The van der Waals surface area contributed by atoms with E-state index in [1.165, 1.54) is 38.5 Å². The van der Waals surface area contributed by atoms with Gasteiger partial charge in [-0.1, -0.05) is 43.2 Å². The second-order valence-electron chi connectivity index (χ2n) is 5.20. The van der Waals surface area contributed by atoms with Crippen molar-refractivity contribution in [3.63, 3.8) is 0 Å². The standard InChI is InChI=1S/C15H20S/c1-2-6-12(7-3-1)15-11-10-13-8-4-5-9-14(13)16-15/h1-3,6-7,13-15H,4-5,8-11H2/t13-,14-,15-/m0/s1. The zero-order valence-electron chi connectivity index (χ0n) is 9.77. The zero-order valence-corrected chi connectivity index (χ0v) is 10.6. The lowest BCUT2D eigenvalue weighted by Gasteiger charge is -2.39. The molecule has 1 aromatic carbocycles. The van der Waals surface area contributed by atoms with Gasteiger partial charge in [-0.15, -0.1) is 0 Å². The van der Waals surface area contributed by atoms with Gasteiger partial charge in [-0.3, -0.25) is 0 Å². The molecular weight excluding hydrogens is 212 g/mol. The largest absolute Gasteiger partial charge is 0.150 e. The summed E-state index contributed by atoms with van der Waals surface area (Å²) in [7, 11) is 0. The predicted molar refractivity (Wildman–Crippen MR) is 71.8 cm³/mol. The smallest absolute Gasteiger partial charge is 0.0300 e. The molecule has 0 aromatic heterocycles. The third-order valence-corrected chi connectivity index (χ3v) is 5.96. The highest BCUT2D eigenvalue weighted by Gasteiger charge is 2.33. The van der Waals surface area contributed by atoms with Crippen LogP contribution in [-0.4, -0.2) is 5.25 Å². The van der Waals surface area contributed by atoms with Crippen LogP contribution in [0.1, 0.15) is 49.3 Å². The monoisotopic (exact) mass is 232 g/mol. The van der Waals surface area contributed by atoms with Gasteiger partial charge in [0.2, 0.25) is 0 Å². The Balaban J connectivity index is 1.71. The summed E-state index contributed by atoms with van der Waals surface area (Å²) in [4.78, 5) is 0. The summed E-state index contributed by atoms with van der Waals surface area (Å²) in [5, 5.41) is 1.74. The van der Waals surface area contributed by atoms with Crippen LogP contribution in [0, 0.1) is 5.92 Å². The van der Waals surface area contributed by atoms with E-state index in [0.717, 1.165) is 16.4 Å². The lowest BCUT2D eigenvalue weighted by atomic mass is 9.84. The van der Waals surface area contributed by atoms with Crippen molar-refractivity contribution in [3.8, 4) is 0 Å². The Morgan fingerprint density at radius 1 is 0.875 bits per heavy atom. The lowest BCUT2D eigenvalue weighted by Crippen LogP contribution is -2.27. The first-order valence-corrected chi connectivity index (χ1v) is 7.58. The van der Waals surface area contributed by atoms with Crippen molar-refractivity contribution in [1.29, 1.82) is 0 Å². The summed E-state index contributed by atoms with van der Waals surface area (Å²) >= 11 is 2.27. The van der Waals surface area contributed by atoms with Gasteiger partial charge in [0.15, 0.2) is 0 Å². The molecule has 3 rings (SSSR count). The second-order valence-corrected chi connectivity index (χ2v) is 6.64. The molecule has 0 amide bonds. The molecule has 86 valence electrons. The van der Waals surface area contributed by atoms with Crippen molar-refractivity contribution in [1.82, 2.24) is 0 Å². The Morgan fingerprint density at radius 2 is 1.69 bits per heavy atom. The maximum absolute atomic E-state index is 2.31. The first kappa shape index (κ1) is 10.7. The van der Waals surface area contributed by atoms with E-state index in [1.807, 2.05) is 0 Å². The van der Waals surface area contributed by atoms with Crippen LogP contribution in [0.25, 0.3) is 0 Å². The van der Waals surface area contributed by atoms with E-state index < -0.39 is 0 Å². The van der Waals surface area contributed by atoms with Crippen LogP contribution in [0.4, 0.5) is 0 Å². The molecule has 3 atom stereocenters. The van der Waals surface area contributed by atoms with Gasteiger partial charge in [0.05, 0.1) is 0 Å². The van der Waals surface area contributed by atoms with Gasteiger partial charge in [0, 0.05) is 10.5 Å². The maximum atomic E-state index is 2.31. The van der Waals surface area contributed by atoms with Crippen LogP contribution in [0.2, 0.25) is 0 Å². The number of fused-ring (bicyclic) bond motifs is 1. The van der Waals surface area contributed by atoms with Crippen LogP contribution in [0.15, 0.2) is 30.3 Å². The van der Waals surface area contributed by atoms with E-state index in [9.17, 15) is 0 Å². The fourth-order valence-corrected chi connectivity index (χ4v) is 5.05. The van der Waals surface area contributed by atoms with Crippen LogP contribution in [0.3, 0.4) is 0 Å². The van der Waals surface area contributed by atoms with E-state index in [2.05, 4.69) is 42.1 Å². The van der Waals surface area contributed by atoms with Gasteiger partial charge in [0.1, 0.15) is 0 Å². The first-order chi connectivity index (χ1) is 7.93. The summed E-state index contributed by atoms with van der Waals surface area (Å²) in [5.74, 6) is 1.04. The average molecular weight is 232 g/mol. The third-order valence-electron chi connectivity index (χ3n) is 4.15. The molecule has 1 heterocycles. The Hall–Kier alpha value is -0.430. The van der Waals surface area contributed by atoms with Gasteiger partial charge < -0.3 is 0 Å². The predicted octanol–water partition coefficient (Wildman–Crippen LogP) is 4.81. The number of hydrogen-bond donors (Lipinski definition) is 0. The van der Waals surface area contributed by atoms with E-state index in [1.54, 1.807) is 5.56 Å². The van der Waals surface area contributed by atoms with Crippen molar-refractivity contribution < 1.29 is 0 Å². The number of rotatable bonds is 1. The van der Waals surface area contributed by atoms with Gasteiger partial charge >= 0.3 is 0 Å². The van der Waals surface area contributed by atoms with Crippen LogP contribution < -0.4 is 0 Å². The minimum absolute atomic E-state index is 0.778.